The van der Waals surface area contributed by atoms with Gasteiger partial charge in [0.15, 0.2) is 12.6 Å². The van der Waals surface area contributed by atoms with E-state index in [1.54, 1.807) is 24.3 Å². The van der Waals surface area contributed by atoms with E-state index in [0.717, 1.165) is 10.5 Å². The van der Waals surface area contributed by atoms with E-state index in [-0.39, 0.29) is 23.9 Å². The Bertz CT molecular complexity index is 722. The smallest absolute Gasteiger partial charge is 0.193 e. The quantitative estimate of drug-likeness (QED) is 0.344. The lowest BCUT2D eigenvalue weighted by Gasteiger charge is -2.07. The number of ketones is 1. The van der Waals surface area contributed by atoms with Crippen molar-refractivity contribution >= 4 is 27.5 Å². The van der Waals surface area contributed by atoms with Crippen molar-refractivity contribution < 1.29 is 24.5 Å². The molecule has 0 amide bonds. The highest BCUT2D eigenvalue weighted by Gasteiger charge is 2.12. The number of hydrogen-bond acceptors (Lipinski definition) is 5. The Labute approximate surface area is 141 Å². The standard InChI is InChI=1S/C17H15BrO5/c1-22-10-23-13-6-7-14(16(20)8-13)17(21)9-15(19)11-2-4-12(18)5-3-11/h2-9,19-20H,10H2,1H3/b15-9-. The molecule has 0 heterocycles. The molecule has 0 bridgehead atoms. The summed E-state index contributed by atoms with van der Waals surface area (Å²) in [7, 11) is 1.48. The fourth-order valence-corrected chi connectivity index (χ4v) is 2.11. The van der Waals surface area contributed by atoms with Crippen LogP contribution in [0.4, 0.5) is 0 Å². The molecule has 120 valence electrons. The molecular formula is C17H15BrO5. The van der Waals surface area contributed by atoms with Crippen LogP contribution in [0.1, 0.15) is 15.9 Å². The van der Waals surface area contributed by atoms with Gasteiger partial charge in [-0.1, -0.05) is 28.1 Å². The van der Waals surface area contributed by atoms with Crippen LogP contribution in [0.25, 0.3) is 5.76 Å². The van der Waals surface area contributed by atoms with Crippen LogP contribution < -0.4 is 4.74 Å². The molecule has 0 aromatic heterocycles. The molecule has 2 rings (SSSR count). The van der Waals surface area contributed by atoms with Crippen molar-refractivity contribution in [3.63, 3.8) is 0 Å². The van der Waals surface area contributed by atoms with Crippen molar-refractivity contribution in [1.82, 2.24) is 0 Å². The van der Waals surface area contributed by atoms with E-state index < -0.39 is 5.78 Å². The number of methoxy groups -OCH3 is 1. The van der Waals surface area contributed by atoms with Gasteiger partial charge in [-0.3, -0.25) is 4.79 Å². The minimum atomic E-state index is -0.513. The summed E-state index contributed by atoms with van der Waals surface area (Å²) in [6, 6.07) is 11.1. The Kier molecular flexibility index (Phi) is 5.78. The summed E-state index contributed by atoms with van der Waals surface area (Å²) in [5.41, 5.74) is 0.569. The van der Waals surface area contributed by atoms with Crippen LogP contribution >= 0.6 is 15.9 Å². The number of phenols is 1. The Balaban J connectivity index is 2.19. The first-order chi connectivity index (χ1) is 11.0. The fourth-order valence-electron chi connectivity index (χ4n) is 1.84. The molecular weight excluding hydrogens is 364 g/mol. The largest absolute Gasteiger partial charge is 0.507 e. The molecule has 0 saturated carbocycles. The van der Waals surface area contributed by atoms with E-state index in [2.05, 4.69) is 15.9 Å². The Morgan fingerprint density at radius 3 is 2.52 bits per heavy atom. The lowest BCUT2D eigenvalue weighted by Crippen LogP contribution is -2.01. The average molecular weight is 379 g/mol. The van der Waals surface area contributed by atoms with Crippen LogP contribution in [-0.2, 0) is 4.74 Å². The zero-order chi connectivity index (χ0) is 16.8. The first-order valence-corrected chi connectivity index (χ1v) is 7.46. The Morgan fingerprint density at radius 1 is 1.22 bits per heavy atom. The van der Waals surface area contributed by atoms with Crippen molar-refractivity contribution in [3.8, 4) is 11.5 Å². The number of aliphatic hydroxyl groups is 1. The number of aromatic hydroxyl groups is 1. The predicted octanol–water partition coefficient (Wildman–Crippen LogP) is 3.92. The summed E-state index contributed by atoms with van der Waals surface area (Å²) in [4.78, 5) is 12.2. The molecule has 23 heavy (non-hydrogen) atoms. The Hall–Kier alpha value is -2.31. The highest BCUT2D eigenvalue weighted by Crippen LogP contribution is 2.25. The zero-order valence-electron chi connectivity index (χ0n) is 12.3. The van der Waals surface area contributed by atoms with Crippen molar-refractivity contribution in [2.45, 2.75) is 0 Å². The number of rotatable bonds is 6. The van der Waals surface area contributed by atoms with Crippen LogP contribution in [-0.4, -0.2) is 29.9 Å². The summed E-state index contributed by atoms with van der Waals surface area (Å²) in [5.74, 6) is -0.548. The maximum Gasteiger partial charge on any atom is 0.193 e. The van der Waals surface area contributed by atoms with Crippen molar-refractivity contribution in [3.05, 3.63) is 64.1 Å². The SMILES string of the molecule is COCOc1ccc(C(=O)/C=C(\O)c2ccc(Br)cc2)c(O)c1. The van der Waals surface area contributed by atoms with E-state index in [1.807, 2.05) is 0 Å². The third kappa shape index (κ3) is 4.58. The Morgan fingerprint density at radius 2 is 1.91 bits per heavy atom. The normalized spacial score (nSPS) is 11.3. The van der Waals surface area contributed by atoms with Gasteiger partial charge in [0.25, 0.3) is 0 Å². The molecule has 2 aromatic carbocycles. The number of aliphatic hydroxyl groups excluding tert-OH is 1. The van der Waals surface area contributed by atoms with Gasteiger partial charge in [-0.15, -0.1) is 0 Å². The second-order valence-electron chi connectivity index (χ2n) is 4.63. The van der Waals surface area contributed by atoms with Gasteiger partial charge in [0.05, 0.1) is 5.56 Å². The number of phenolic OH excluding ortho intramolecular Hbond substituents is 1. The molecule has 0 atom stereocenters. The number of benzene rings is 2. The fraction of sp³-hybridized carbons (Fsp3) is 0.118. The van der Waals surface area contributed by atoms with Crippen molar-refractivity contribution in [2.75, 3.05) is 13.9 Å². The molecule has 0 spiro atoms. The molecule has 2 N–H and O–H groups in total. The van der Waals surface area contributed by atoms with E-state index in [9.17, 15) is 15.0 Å². The molecule has 0 aliphatic carbocycles. The van der Waals surface area contributed by atoms with Crippen molar-refractivity contribution in [2.24, 2.45) is 0 Å². The number of carbonyl (C=O) groups is 1. The predicted molar refractivity (Wildman–Crippen MR) is 89.7 cm³/mol. The van der Waals surface area contributed by atoms with Crippen LogP contribution in [0, 0.1) is 0 Å². The minimum Gasteiger partial charge on any atom is -0.507 e. The maximum atomic E-state index is 12.2. The number of allylic oxidation sites excluding steroid dienone is 1. The second kappa shape index (κ2) is 7.80. The van der Waals surface area contributed by atoms with Gasteiger partial charge in [0.1, 0.15) is 17.3 Å². The van der Waals surface area contributed by atoms with E-state index in [0.29, 0.717) is 11.3 Å². The minimum absolute atomic E-state index is 0.0387. The summed E-state index contributed by atoms with van der Waals surface area (Å²) in [6.07, 6.45) is 1.06. The van der Waals surface area contributed by atoms with Crippen LogP contribution in [0.15, 0.2) is 53.0 Å². The number of carbonyl (C=O) groups excluding carboxylic acids is 1. The summed E-state index contributed by atoms with van der Waals surface area (Å²) in [5, 5.41) is 19.9. The molecule has 5 nitrogen and oxygen atoms in total. The molecule has 0 saturated heterocycles. The topological polar surface area (TPSA) is 76.0 Å². The third-order valence-electron chi connectivity index (χ3n) is 2.99. The first kappa shape index (κ1) is 17.1. The highest BCUT2D eigenvalue weighted by atomic mass is 79.9. The van der Waals surface area contributed by atoms with Crippen molar-refractivity contribution in [1.29, 1.82) is 0 Å². The van der Waals surface area contributed by atoms with Crippen LogP contribution in [0.5, 0.6) is 11.5 Å². The molecule has 0 aliphatic rings. The third-order valence-corrected chi connectivity index (χ3v) is 3.51. The maximum absolute atomic E-state index is 12.2. The summed E-state index contributed by atoms with van der Waals surface area (Å²) in [6.45, 7) is 0.0387. The molecule has 0 unspecified atom stereocenters. The molecule has 0 fully saturated rings. The van der Waals surface area contributed by atoms with E-state index >= 15 is 0 Å². The van der Waals surface area contributed by atoms with Gasteiger partial charge in [0, 0.05) is 29.3 Å². The lowest BCUT2D eigenvalue weighted by molar-refractivity contribution is 0.0510. The van der Waals surface area contributed by atoms with E-state index in [1.165, 1.54) is 25.3 Å². The van der Waals surface area contributed by atoms with Gasteiger partial charge in [-0.05, 0) is 24.3 Å². The van der Waals surface area contributed by atoms with Gasteiger partial charge >= 0.3 is 0 Å². The van der Waals surface area contributed by atoms with E-state index in [4.69, 9.17) is 9.47 Å². The first-order valence-electron chi connectivity index (χ1n) is 6.67. The number of ether oxygens (including phenoxy) is 2. The summed E-state index contributed by atoms with van der Waals surface area (Å²) >= 11 is 3.29. The van der Waals surface area contributed by atoms with Gasteiger partial charge < -0.3 is 19.7 Å². The molecule has 0 radical (unpaired) electrons. The molecule has 2 aromatic rings. The number of hydrogen-bond donors (Lipinski definition) is 2. The molecule has 6 heteroatoms. The van der Waals surface area contributed by atoms with Crippen LogP contribution in [0.2, 0.25) is 0 Å². The zero-order valence-corrected chi connectivity index (χ0v) is 13.9. The highest BCUT2D eigenvalue weighted by molar-refractivity contribution is 9.10. The lowest BCUT2D eigenvalue weighted by atomic mass is 10.1. The molecule has 0 aliphatic heterocycles. The second-order valence-corrected chi connectivity index (χ2v) is 5.55. The summed E-state index contributed by atoms with van der Waals surface area (Å²) < 4.78 is 10.8. The van der Waals surface area contributed by atoms with Crippen LogP contribution in [0.3, 0.4) is 0 Å². The number of halogens is 1. The van der Waals surface area contributed by atoms with Gasteiger partial charge in [-0.2, -0.15) is 0 Å². The average Bonchev–Trinajstić information content (AvgIpc) is 2.53. The van der Waals surface area contributed by atoms with Gasteiger partial charge in [0.2, 0.25) is 0 Å². The van der Waals surface area contributed by atoms with Gasteiger partial charge in [-0.25, -0.2) is 0 Å². The monoisotopic (exact) mass is 378 g/mol.